The molecule has 0 unspecified atom stereocenters. The highest BCUT2D eigenvalue weighted by Crippen LogP contribution is 2.37. The summed E-state index contributed by atoms with van der Waals surface area (Å²) in [7, 11) is 1.36. The van der Waals surface area contributed by atoms with Crippen molar-refractivity contribution in [3.8, 4) is 5.88 Å². The van der Waals surface area contributed by atoms with Crippen molar-refractivity contribution in [2.75, 3.05) is 7.11 Å². The Hall–Kier alpha value is -3.08. The van der Waals surface area contributed by atoms with Crippen molar-refractivity contribution in [2.45, 2.75) is 38.6 Å². The van der Waals surface area contributed by atoms with Crippen molar-refractivity contribution >= 4 is 32.9 Å². The molecule has 4 aromatic rings. The van der Waals surface area contributed by atoms with Crippen LogP contribution in [0.1, 0.15) is 42.1 Å². The molecule has 0 saturated carbocycles. The number of nitro groups is 1. The molecule has 4 heterocycles. The molecule has 0 radical (unpaired) electrons. The summed E-state index contributed by atoms with van der Waals surface area (Å²) in [5, 5.41) is 21.0. The van der Waals surface area contributed by atoms with Gasteiger partial charge in [0, 0.05) is 4.88 Å². The Morgan fingerprint density at radius 2 is 2.14 bits per heavy atom. The fraction of sp³-hybridized carbons (Fsp3) is 0.412. The first-order chi connectivity index (χ1) is 13.6. The average Bonchev–Trinajstić information content (AvgIpc) is 3.40. The molecule has 4 aromatic heterocycles. The molecule has 5 rings (SSSR count). The van der Waals surface area contributed by atoms with E-state index < -0.39 is 11.0 Å². The van der Waals surface area contributed by atoms with E-state index in [4.69, 9.17) is 9.72 Å². The van der Waals surface area contributed by atoms with Gasteiger partial charge in [-0.3, -0.25) is 14.8 Å². The molecule has 0 spiro atoms. The Morgan fingerprint density at radius 3 is 2.89 bits per heavy atom. The molecular weight excluding hydrogens is 382 g/mol. The highest BCUT2D eigenvalue weighted by Gasteiger charge is 2.26. The second kappa shape index (κ2) is 6.23. The van der Waals surface area contributed by atoms with E-state index >= 15 is 0 Å². The van der Waals surface area contributed by atoms with Gasteiger partial charge in [-0.25, -0.2) is 14.5 Å². The maximum atomic E-state index is 11.2. The Kier molecular flexibility index (Phi) is 3.79. The number of fused-ring (bicyclic) bond motifs is 5. The average molecular weight is 399 g/mol. The van der Waals surface area contributed by atoms with Crippen molar-refractivity contribution < 1.29 is 9.66 Å². The summed E-state index contributed by atoms with van der Waals surface area (Å²) in [4.78, 5) is 22.4. The lowest BCUT2D eigenvalue weighted by Crippen LogP contribution is -2.09. The van der Waals surface area contributed by atoms with Crippen LogP contribution in [0.2, 0.25) is 0 Å². The standard InChI is InChI=1S/C17H17N7O3S/c1-9(22-7-11(24(25)26)16(21-22)27-2)14-19-15-13-10-5-3-4-6-12(10)28-17(13)18-8-23(15)20-14/h7-9H,3-6H2,1-2H3/t9-/m1/s1. The molecular formula is C17H17N7O3S. The van der Waals surface area contributed by atoms with Crippen LogP contribution in [0.3, 0.4) is 0 Å². The van der Waals surface area contributed by atoms with Gasteiger partial charge in [-0.15, -0.1) is 21.5 Å². The fourth-order valence-corrected chi connectivity index (χ4v) is 4.92. The van der Waals surface area contributed by atoms with Gasteiger partial charge in [0.05, 0.1) is 17.4 Å². The van der Waals surface area contributed by atoms with Crippen LogP contribution in [0.25, 0.3) is 15.9 Å². The molecule has 0 bridgehead atoms. The summed E-state index contributed by atoms with van der Waals surface area (Å²) in [5.74, 6) is 0.488. The van der Waals surface area contributed by atoms with E-state index in [-0.39, 0.29) is 11.6 Å². The predicted molar refractivity (Wildman–Crippen MR) is 102 cm³/mol. The molecule has 11 heteroatoms. The molecule has 1 aliphatic rings. The summed E-state index contributed by atoms with van der Waals surface area (Å²) >= 11 is 1.74. The third-order valence-corrected chi connectivity index (χ3v) is 6.35. The minimum atomic E-state index is -0.517. The number of nitrogens with zero attached hydrogens (tertiary/aromatic N) is 7. The number of aryl methyl sites for hydroxylation is 2. The van der Waals surface area contributed by atoms with E-state index in [1.807, 2.05) is 6.92 Å². The van der Waals surface area contributed by atoms with Crippen LogP contribution in [-0.4, -0.2) is 41.4 Å². The maximum absolute atomic E-state index is 11.2. The number of aromatic nitrogens is 6. The van der Waals surface area contributed by atoms with Gasteiger partial charge in [0.1, 0.15) is 23.4 Å². The van der Waals surface area contributed by atoms with E-state index in [1.165, 1.54) is 41.3 Å². The van der Waals surface area contributed by atoms with Crippen LogP contribution in [0.5, 0.6) is 5.88 Å². The summed E-state index contributed by atoms with van der Waals surface area (Å²) < 4.78 is 8.16. The maximum Gasteiger partial charge on any atom is 0.350 e. The topological polar surface area (TPSA) is 113 Å². The van der Waals surface area contributed by atoms with Gasteiger partial charge in [0.2, 0.25) is 0 Å². The lowest BCUT2D eigenvalue weighted by Gasteiger charge is -2.09. The van der Waals surface area contributed by atoms with Gasteiger partial charge in [0.15, 0.2) is 11.5 Å². The van der Waals surface area contributed by atoms with E-state index in [0.29, 0.717) is 5.82 Å². The Morgan fingerprint density at radius 1 is 1.32 bits per heavy atom. The number of rotatable bonds is 4. The number of methoxy groups -OCH3 is 1. The summed E-state index contributed by atoms with van der Waals surface area (Å²) in [6.07, 6.45) is 7.54. The van der Waals surface area contributed by atoms with Gasteiger partial charge in [-0.2, -0.15) is 0 Å². The predicted octanol–water partition coefficient (Wildman–Crippen LogP) is 2.94. The SMILES string of the molecule is COc1nn([C@H](C)c2nc3c4c5c(sc4ncn3n2)CCCC5)cc1[N+](=O)[O-]. The monoisotopic (exact) mass is 399 g/mol. The van der Waals surface area contributed by atoms with Crippen LogP contribution < -0.4 is 4.74 Å². The van der Waals surface area contributed by atoms with Crippen LogP contribution in [-0.2, 0) is 12.8 Å². The van der Waals surface area contributed by atoms with Gasteiger partial charge >= 0.3 is 11.6 Å². The molecule has 28 heavy (non-hydrogen) atoms. The van der Waals surface area contributed by atoms with Gasteiger partial charge in [-0.1, -0.05) is 0 Å². The highest BCUT2D eigenvalue weighted by molar-refractivity contribution is 7.19. The summed E-state index contributed by atoms with van der Waals surface area (Å²) in [5.41, 5.74) is 1.93. The van der Waals surface area contributed by atoms with Gasteiger partial charge < -0.3 is 4.74 Å². The molecule has 10 nitrogen and oxygen atoms in total. The lowest BCUT2D eigenvalue weighted by molar-refractivity contribution is -0.385. The Balaban J connectivity index is 1.63. The van der Waals surface area contributed by atoms with E-state index in [1.54, 1.807) is 22.2 Å². The molecule has 1 aliphatic carbocycles. The van der Waals surface area contributed by atoms with Crippen LogP contribution in [0, 0.1) is 10.1 Å². The third-order valence-electron chi connectivity index (χ3n) is 5.15. The molecule has 0 fully saturated rings. The minimum absolute atomic E-state index is 0.0309. The summed E-state index contributed by atoms with van der Waals surface area (Å²) in [6.45, 7) is 1.85. The quantitative estimate of drug-likeness (QED) is 0.383. The Bertz CT molecular complexity index is 1220. The molecule has 0 amide bonds. The van der Waals surface area contributed by atoms with Crippen LogP contribution in [0.15, 0.2) is 12.5 Å². The molecule has 1 atom stereocenters. The van der Waals surface area contributed by atoms with Crippen LogP contribution >= 0.6 is 11.3 Å². The first-order valence-electron chi connectivity index (χ1n) is 9.00. The Labute approximate surface area is 162 Å². The normalized spacial score (nSPS) is 15.1. The fourth-order valence-electron chi connectivity index (χ4n) is 3.70. The highest BCUT2D eigenvalue weighted by atomic mass is 32.1. The number of hydrogen-bond donors (Lipinski definition) is 0. The minimum Gasteiger partial charge on any atom is -0.475 e. The molecule has 0 saturated heterocycles. The van der Waals surface area contributed by atoms with Gasteiger partial charge in [-0.05, 0) is 38.2 Å². The zero-order valence-electron chi connectivity index (χ0n) is 15.3. The van der Waals surface area contributed by atoms with Crippen molar-refractivity contribution in [3.05, 3.63) is 38.9 Å². The van der Waals surface area contributed by atoms with Gasteiger partial charge in [0.25, 0.3) is 0 Å². The third kappa shape index (κ3) is 2.46. The van der Waals surface area contributed by atoms with E-state index in [0.717, 1.165) is 28.7 Å². The molecule has 0 N–H and O–H groups in total. The van der Waals surface area contributed by atoms with Crippen molar-refractivity contribution in [1.29, 1.82) is 0 Å². The molecule has 0 aliphatic heterocycles. The molecule has 144 valence electrons. The lowest BCUT2D eigenvalue weighted by atomic mass is 9.97. The number of thiophene rings is 1. The van der Waals surface area contributed by atoms with Crippen molar-refractivity contribution in [2.24, 2.45) is 0 Å². The van der Waals surface area contributed by atoms with E-state index in [9.17, 15) is 10.1 Å². The first-order valence-corrected chi connectivity index (χ1v) is 9.81. The summed E-state index contributed by atoms with van der Waals surface area (Å²) in [6, 6.07) is -0.396. The second-order valence-electron chi connectivity index (χ2n) is 6.81. The van der Waals surface area contributed by atoms with Crippen molar-refractivity contribution in [3.63, 3.8) is 0 Å². The largest absolute Gasteiger partial charge is 0.475 e. The zero-order chi connectivity index (χ0) is 19.4. The van der Waals surface area contributed by atoms with Crippen LogP contribution in [0.4, 0.5) is 5.69 Å². The first kappa shape index (κ1) is 17.0. The second-order valence-corrected chi connectivity index (χ2v) is 7.89. The number of ether oxygens (including phenoxy) is 1. The smallest absolute Gasteiger partial charge is 0.350 e. The molecule has 0 aromatic carbocycles. The van der Waals surface area contributed by atoms with E-state index in [2.05, 4.69) is 15.2 Å². The number of hydrogen-bond acceptors (Lipinski definition) is 8. The van der Waals surface area contributed by atoms with Crippen molar-refractivity contribution in [1.82, 2.24) is 29.4 Å². The zero-order valence-corrected chi connectivity index (χ0v) is 16.1.